The van der Waals surface area contributed by atoms with Crippen LogP contribution >= 0.6 is 0 Å². The van der Waals surface area contributed by atoms with Crippen molar-refractivity contribution in [1.29, 1.82) is 0 Å². The molecule has 2 aromatic heterocycles. The van der Waals surface area contributed by atoms with Crippen molar-refractivity contribution in [2.75, 3.05) is 7.05 Å². The summed E-state index contributed by atoms with van der Waals surface area (Å²) in [6, 6.07) is 2.89. The Bertz CT molecular complexity index is 509. The third-order valence-corrected chi connectivity index (χ3v) is 2.92. The summed E-state index contributed by atoms with van der Waals surface area (Å²) in [7, 11) is 1.81. The number of aryl methyl sites for hydroxylation is 1. The van der Waals surface area contributed by atoms with E-state index in [1.807, 2.05) is 31.0 Å². The molecule has 0 radical (unpaired) electrons. The molecule has 0 aliphatic heterocycles. The van der Waals surface area contributed by atoms with Crippen molar-refractivity contribution in [3.8, 4) is 0 Å². The van der Waals surface area contributed by atoms with Crippen molar-refractivity contribution in [1.82, 2.24) is 20.1 Å². The van der Waals surface area contributed by atoms with Crippen LogP contribution in [0.15, 0.2) is 30.7 Å². The first kappa shape index (κ1) is 12.7. The predicted molar refractivity (Wildman–Crippen MR) is 67.6 cm³/mol. The van der Waals surface area contributed by atoms with Gasteiger partial charge in [0.1, 0.15) is 5.82 Å². The number of likely N-dealkylation sites (N-methyl/N-ethyl adjacent to an activating group) is 1. The highest BCUT2D eigenvalue weighted by molar-refractivity contribution is 5.16. The quantitative estimate of drug-likeness (QED) is 0.879. The first-order valence-corrected chi connectivity index (χ1v) is 6.03. The van der Waals surface area contributed by atoms with Crippen LogP contribution in [0.25, 0.3) is 0 Å². The number of hydrogen-bond donors (Lipinski definition) is 1. The molecule has 5 heteroatoms. The normalized spacial score (nSPS) is 12.6. The molecule has 0 aromatic carbocycles. The minimum Gasteiger partial charge on any atom is -0.311 e. The minimum atomic E-state index is -0.278. The van der Waals surface area contributed by atoms with Gasteiger partial charge in [-0.1, -0.05) is 0 Å². The molecule has 1 atom stereocenters. The first-order valence-electron chi connectivity index (χ1n) is 6.03. The average molecular weight is 248 g/mol. The molecule has 1 N–H and O–H groups in total. The average Bonchev–Trinajstić information content (AvgIpc) is 2.85. The van der Waals surface area contributed by atoms with Gasteiger partial charge in [0.15, 0.2) is 0 Å². The summed E-state index contributed by atoms with van der Waals surface area (Å²) in [5.74, 6) is -0.278. The zero-order chi connectivity index (χ0) is 13.0. The molecule has 4 nitrogen and oxygen atoms in total. The fraction of sp³-hybridized carbons (Fsp3) is 0.385. The third-order valence-electron chi connectivity index (χ3n) is 2.92. The second-order valence-electron chi connectivity index (χ2n) is 4.12. The van der Waals surface area contributed by atoms with Crippen LogP contribution in [0.5, 0.6) is 0 Å². The molecule has 96 valence electrons. The summed E-state index contributed by atoms with van der Waals surface area (Å²) in [5, 5.41) is 7.31. The maximum absolute atomic E-state index is 13.7. The van der Waals surface area contributed by atoms with Crippen molar-refractivity contribution >= 4 is 0 Å². The van der Waals surface area contributed by atoms with Crippen LogP contribution in [-0.2, 0) is 13.0 Å². The predicted octanol–water partition coefficient (Wildman–Crippen LogP) is 1.94. The molecule has 0 bridgehead atoms. The highest BCUT2D eigenvalue weighted by Gasteiger charge is 2.16. The SMILES string of the molecule is CCn1cc(CC(NC)c2ncccc2F)cn1. The van der Waals surface area contributed by atoms with Gasteiger partial charge in [-0.3, -0.25) is 9.67 Å². The Morgan fingerprint density at radius 2 is 2.33 bits per heavy atom. The van der Waals surface area contributed by atoms with Crippen LogP contribution in [0.2, 0.25) is 0 Å². The second-order valence-corrected chi connectivity index (χ2v) is 4.12. The molecular formula is C13H17FN4. The zero-order valence-electron chi connectivity index (χ0n) is 10.6. The van der Waals surface area contributed by atoms with E-state index in [1.165, 1.54) is 6.07 Å². The van der Waals surface area contributed by atoms with Gasteiger partial charge in [-0.2, -0.15) is 5.10 Å². The van der Waals surface area contributed by atoms with E-state index in [1.54, 1.807) is 12.3 Å². The Morgan fingerprint density at radius 3 is 2.94 bits per heavy atom. The highest BCUT2D eigenvalue weighted by atomic mass is 19.1. The number of aromatic nitrogens is 3. The van der Waals surface area contributed by atoms with E-state index in [4.69, 9.17) is 0 Å². The summed E-state index contributed by atoms with van der Waals surface area (Å²) >= 11 is 0. The van der Waals surface area contributed by atoms with Gasteiger partial charge < -0.3 is 5.32 Å². The first-order chi connectivity index (χ1) is 8.74. The van der Waals surface area contributed by atoms with Crippen molar-refractivity contribution in [3.05, 3.63) is 47.8 Å². The Hall–Kier alpha value is -1.75. The lowest BCUT2D eigenvalue weighted by Crippen LogP contribution is -2.21. The molecule has 0 saturated carbocycles. The number of nitrogens with zero attached hydrogens (tertiary/aromatic N) is 3. The molecule has 0 saturated heterocycles. The number of rotatable bonds is 5. The monoisotopic (exact) mass is 248 g/mol. The van der Waals surface area contributed by atoms with Crippen LogP contribution < -0.4 is 5.32 Å². The molecule has 0 fully saturated rings. The second kappa shape index (κ2) is 5.73. The smallest absolute Gasteiger partial charge is 0.146 e. The molecule has 2 rings (SSSR count). The van der Waals surface area contributed by atoms with Crippen LogP contribution in [-0.4, -0.2) is 21.8 Å². The van der Waals surface area contributed by atoms with Crippen LogP contribution in [0.4, 0.5) is 4.39 Å². The van der Waals surface area contributed by atoms with E-state index >= 15 is 0 Å². The van der Waals surface area contributed by atoms with Crippen LogP contribution in [0.1, 0.15) is 24.2 Å². The summed E-state index contributed by atoms with van der Waals surface area (Å²) < 4.78 is 15.5. The van der Waals surface area contributed by atoms with E-state index in [-0.39, 0.29) is 11.9 Å². The van der Waals surface area contributed by atoms with E-state index in [9.17, 15) is 4.39 Å². The van der Waals surface area contributed by atoms with Crippen molar-refractivity contribution < 1.29 is 4.39 Å². The number of halogens is 1. The Kier molecular flexibility index (Phi) is 4.04. The zero-order valence-corrected chi connectivity index (χ0v) is 10.6. The maximum atomic E-state index is 13.7. The van der Waals surface area contributed by atoms with Gasteiger partial charge in [0.25, 0.3) is 0 Å². The third kappa shape index (κ3) is 2.73. The molecule has 2 heterocycles. The molecule has 1 unspecified atom stereocenters. The summed E-state index contributed by atoms with van der Waals surface area (Å²) in [4.78, 5) is 4.11. The number of hydrogen-bond acceptors (Lipinski definition) is 3. The summed E-state index contributed by atoms with van der Waals surface area (Å²) in [6.07, 6.45) is 6.07. The Labute approximate surface area is 106 Å². The molecule has 0 amide bonds. The fourth-order valence-corrected chi connectivity index (χ4v) is 1.91. The van der Waals surface area contributed by atoms with Crippen molar-refractivity contribution in [2.45, 2.75) is 25.9 Å². The van der Waals surface area contributed by atoms with Crippen LogP contribution in [0.3, 0.4) is 0 Å². The molecule has 2 aromatic rings. The lowest BCUT2D eigenvalue weighted by atomic mass is 10.1. The highest BCUT2D eigenvalue weighted by Crippen LogP contribution is 2.18. The van der Waals surface area contributed by atoms with Crippen LogP contribution in [0, 0.1) is 5.82 Å². The molecular weight excluding hydrogens is 231 g/mol. The van der Waals surface area contributed by atoms with E-state index in [2.05, 4.69) is 15.4 Å². The van der Waals surface area contributed by atoms with Crippen molar-refractivity contribution in [3.63, 3.8) is 0 Å². The van der Waals surface area contributed by atoms with E-state index < -0.39 is 0 Å². The van der Waals surface area contributed by atoms with Gasteiger partial charge in [0.05, 0.1) is 17.9 Å². The van der Waals surface area contributed by atoms with Gasteiger partial charge in [0, 0.05) is 18.9 Å². The molecule has 0 spiro atoms. The molecule has 0 aliphatic rings. The largest absolute Gasteiger partial charge is 0.311 e. The minimum absolute atomic E-state index is 0.138. The Balaban J connectivity index is 2.17. The van der Waals surface area contributed by atoms with Gasteiger partial charge in [0.2, 0.25) is 0 Å². The molecule has 0 aliphatic carbocycles. The lowest BCUT2D eigenvalue weighted by Gasteiger charge is -2.15. The topological polar surface area (TPSA) is 42.7 Å². The molecule has 18 heavy (non-hydrogen) atoms. The summed E-state index contributed by atoms with van der Waals surface area (Å²) in [6.45, 7) is 2.87. The Morgan fingerprint density at radius 1 is 1.50 bits per heavy atom. The van der Waals surface area contributed by atoms with Gasteiger partial charge >= 0.3 is 0 Å². The standard InChI is InChI=1S/C13H17FN4/c1-3-18-9-10(8-17-18)7-12(15-2)13-11(14)5-4-6-16-13/h4-6,8-9,12,15H,3,7H2,1-2H3. The van der Waals surface area contributed by atoms with Gasteiger partial charge in [-0.05, 0) is 38.1 Å². The number of nitrogens with one attached hydrogen (secondary N) is 1. The van der Waals surface area contributed by atoms with E-state index in [0.29, 0.717) is 12.1 Å². The maximum Gasteiger partial charge on any atom is 0.146 e. The number of pyridine rings is 1. The summed E-state index contributed by atoms with van der Waals surface area (Å²) in [5.41, 5.74) is 1.52. The van der Waals surface area contributed by atoms with Gasteiger partial charge in [-0.25, -0.2) is 4.39 Å². The van der Waals surface area contributed by atoms with Crippen molar-refractivity contribution in [2.24, 2.45) is 0 Å². The fourth-order valence-electron chi connectivity index (χ4n) is 1.91. The van der Waals surface area contributed by atoms with E-state index in [0.717, 1.165) is 12.1 Å². The van der Waals surface area contributed by atoms with Gasteiger partial charge in [-0.15, -0.1) is 0 Å². The lowest BCUT2D eigenvalue weighted by molar-refractivity contribution is 0.516.